The van der Waals surface area contributed by atoms with E-state index in [4.69, 9.17) is 11.6 Å². The second-order valence-corrected chi connectivity index (χ2v) is 9.29. The Labute approximate surface area is 201 Å². The molecule has 4 aromatic rings. The van der Waals surface area contributed by atoms with Crippen molar-refractivity contribution in [3.63, 3.8) is 0 Å². The molecule has 2 heterocycles. The number of amides is 2. The summed E-state index contributed by atoms with van der Waals surface area (Å²) in [6, 6.07) is 22.5. The number of aryl methyl sites for hydroxylation is 1. The van der Waals surface area contributed by atoms with Gasteiger partial charge < -0.3 is 10.2 Å². The van der Waals surface area contributed by atoms with E-state index in [1.165, 1.54) is 10.4 Å². The second kappa shape index (κ2) is 8.85. The van der Waals surface area contributed by atoms with Gasteiger partial charge in [0.2, 0.25) is 0 Å². The van der Waals surface area contributed by atoms with Gasteiger partial charge in [-0.2, -0.15) is 0 Å². The van der Waals surface area contributed by atoms with Gasteiger partial charge in [-0.15, -0.1) is 11.3 Å². The van der Waals surface area contributed by atoms with E-state index >= 15 is 0 Å². The normalized spacial score (nSPS) is 12.5. The molecule has 4 nitrogen and oxygen atoms in total. The summed E-state index contributed by atoms with van der Waals surface area (Å²) in [5.41, 5.74) is 5.64. The molecule has 0 radical (unpaired) electrons. The Morgan fingerprint density at radius 3 is 2.58 bits per heavy atom. The second-order valence-electron chi connectivity index (χ2n) is 7.96. The number of fused-ring (bicyclic) bond motifs is 3. The highest BCUT2D eigenvalue weighted by atomic mass is 35.5. The van der Waals surface area contributed by atoms with E-state index in [1.54, 1.807) is 40.5 Å². The topological polar surface area (TPSA) is 49.4 Å². The molecule has 33 heavy (non-hydrogen) atoms. The predicted octanol–water partition coefficient (Wildman–Crippen LogP) is 6.83. The number of carbonyl (C=O) groups excluding carboxylic acids is 2. The first-order valence-corrected chi connectivity index (χ1v) is 11.9. The maximum atomic E-state index is 13.6. The van der Waals surface area contributed by atoms with Gasteiger partial charge in [-0.05, 0) is 66.2 Å². The molecule has 164 valence electrons. The fraction of sp³-hybridized carbons (Fsp3) is 0.111. The highest BCUT2D eigenvalue weighted by Gasteiger charge is 2.26. The van der Waals surface area contributed by atoms with Gasteiger partial charge in [0.25, 0.3) is 11.8 Å². The lowest BCUT2D eigenvalue weighted by molar-refractivity contribution is 0.0986. The lowest BCUT2D eigenvalue weighted by Crippen LogP contribution is -2.32. The number of thiophene rings is 1. The van der Waals surface area contributed by atoms with Crippen LogP contribution >= 0.6 is 22.9 Å². The Kier molecular flexibility index (Phi) is 5.75. The number of nitrogens with one attached hydrogen (secondary N) is 1. The fourth-order valence-electron chi connectivity index (χ4n) is 4.17. The highest BCUT2D eigenvalue weighted by Crippen LogP contribution is 2.40. The number of carbonyl (C=O) groups is 2. The number of benzene rings is 3. The highest BCUT2D eigenvalue weighted by molar-refractivity contribution is 7.13. The van der Waals surface area contributed by atoms with Crippen molar-refractivity contribution >= 4 is 46.1 Å². The third-order valence-corrected chi connectivity index (χ3v) is 7.19. The van der Waals surface area contributed by atoms with E-state index in [-0.39, 0.29) is 11.8 Å². The van der Waals surface area contributed by atoms with Crippen molar-refractivity contribution in [3.05, 3.63) is 105 Å². The minimum absolute atomic E-state index is 0.153. The molecule has 0 saturated heterocycles. The summed E-state index contributed by atoms with van der Waals surface area (Å²) in [5, 5.41) is 5.27. The molecule has 0 spiro atoms. The Morgan fingerprint density at radius 1 is 0.970 bits per heavy atom. The Morgan fingerprint density at radius 2 is 1.76 bits per heavy atom. The van der Waals surface area contributed by atoms with Crippen LogP contribution in [0.25, 0.3) is 10.4 Å². The van der Waals surface area contributed by atoms with Gasteiger partial charge in [0, 0.05) is 28.2 Å². The Bertz CT molecular complexity index is 1380. The standard InChI is InChI=1S/C27H21ClN2O2S/c1-17-6-2-3-7-20(17)26(31)29-19-10-11-21(23(28)16-19)27(32)30-14-12-18-13-15-33-25(18)22-8-4-5-9-24(22)30/h2-11,13,15-16H,12,14H2,1H3,(H,29,31). The third kappa shape index (κ3) is 4.06. The van der Waals surface area contributed by atoms with E-state index < -0.39 is 0 Å². The number of anilines is 2. The summed E-state index contributed by atoms with van der Waals surface area (Å²) in [6.07, 6.45) is 0.779. The predicted molar refractivity (Wildman–Crippen MR) is 136 cm³/mol. The zero-order valence-electron chi connectivity index (χ0n) is 18.0. The van der Waals surface area contributed by atoms with Crippen molar-refractivity contribution in [3.8, 4) is 10.4 Å². The average molecular weight is 473 g/mol. The molecule has 3 aromatic carbocycles. The summed E-state index contributed by atoms with van der Waals surface area (Å²) in [4.78, 5) is 29.2. The van der Waals surface area contributed by atoms with E-state index in [2.05, 4.69) is 22.8 Å². The van der Waals surface area contributed by atoms with Crippen LogP contribution in [-0.4, -0.2) is 18.4 Å². The molecule has 5 rings (SSSR count). The molecule has 2 amide bonds. The monoisotopic (exact) mass is 472 g/mol. The van der Waals surface area contributed by atoms with Crippen molar-refractivity contribution < 1.29 is 9.59 Å². The van der Waals surface area contributed by atoms with Crippen LogP contribution in [0.15, 0.2) is 78.2 Å². The molecule has 0 unspecified atom stereocenters. The van der Waals surface area contributed by atoms with Crippen molar-refractivity contribution in [1.82, 2.24) is 0 Å². The minimum atomic E-state index is -0.212. The fourth-order valence-corrected chi connectivity index (χ4v) is 5.42. The summed E-state index contributed by atoms with van der Waals surface area (Å²) < 4.78 is 0. The van der Waals surface area contributed by atoms with Gasteiger partial charge in [-0.25, -0.2) is 0 Å². The van der Waals surface area contributed by atoms with Gasteiger partial charge in [-0.3, -0.25) is 9.59 Å². The Balaban J connectivity index is 1.42. The largest absolute Gasteiger partial charge is 0.322 e. The molecule has 0 atom stereocenters. The van der Waals surface area contributed by atoms with Crippen molar-refractivity contribution in [2.45, 2.75) is 13.3 Å². The van der Waals surface area contributed by atoms with E-state index in [0.29, 0.717) is 28.4 Å². The molecule has 0 aliphatic carbocycles. The van der Waals surface area contributed by atoms with Crippen LogP contribution < -0.4 is 10.2 Å². The first kappa shape index (κ1) is 21.4. The Hall–Kier alpha value is -3.41. The quantitative estimate of drug-likeness (QED) is 0.355. The van der Waals surface area contributed by atoms with E-state index in [0.717, 1.165) is 23.2 Å². The molecule has 1 N–H and O–H groups in total. The van der Waals surface area contributed by atoms with Crippen LogP contribution in [0.2, 0.25) is 5.02 Å². The summed E-state index contributed by atoms with van der Waals surface area (Å²) in [6.45, 7) is 2.46. The molecule has 1 aromatic heterocycles. The first-order valence-electron chi connectivity index (χ1n) is 10.7. The lowest BCUT2D eigenvalue weighted by Gasteiger charge is -2.23. The summed E-state index contributed by atoms with van der Waals surface area (Å²) >= 11 is 8.24. The van der Waals surface area contributed by atoms with Gasteiger partial charge in [-0.1, -0.05) is 48.0 Å². The number of hydrogen-bond donors (Lipinski definition) is 1. The molecule has 1 aliphatic heterocycles. The number of halogens is 1. The molecule has 6 heteroatoms. The molecular formula is C27H21ClN2O2S. The molecule has 0 saturated carbocycles. The van der Waals surface area contributed by atoms with Gasteiger partial charge >= 0.3 is 0 Å². The van der Waals surface area contributed by atoms with Gasteiger partial charge in [0.1, 0.15) is 0 Å². The van der Waals surface area contributed by atoms with Gasteiger partial charge in [0.15, 0.2) is 0 Å². The average Bonchev–Trinajstić information content (AvgIpc) is 3.22. The SMILES string of the molecule is Cc1ccccc1C(=O)Nc1ccc(C(=O)N2CCc3ccsc3-c3ccccc32)c(Cl)c1. The number of hydrogen-bond acceptors (Lipinski definition) is 3. The zero-order valence-corrected chi connectivity index (χ0v) is 19.5. The van der Waals surface area contributed by atoms with Crippen molar-refractivity contribution in [1.29, 1.82) is 0 Å². The third-order valence-electron chi connectivity index (χ3n) is 5.88. The molecular weight excluding hydrogens is 452 g/mol. The van der Waals surface area contributed by atoms with Crippen molar-refractivity contribution in [2.75, 3.05) is 16.8 Å². The van der Waals surface area contributed by atoms with Crippen LogP contribution in [0, 0.1) is 6.92 Å². The van der Waals surface area contributed by atoms with Gasteiger partial charge in [0.05, 0.1) is 16.3 Å². The summed E-state index contributed by atoms with van der Waals surface area (Å²) in [5.74, 6) is -0.366. The summed E-state index contributed by atoms with van der Waals surface area (Å²) in [7, 11) is 0. The maximum Gasteiger partial charge on any atom is 0.259 e. The van der Waals surface area contributed by atoms with Crippen molar-refractivity contribution in [2.24, 2.45) is 0 Å². The van der Waals surface area contributed by atoms with E-state index in [9.17, 15) is 9.59 Å². The molecule has 0 fully saturated rings. The minimum Gasteiger partial charge on any atom is -0.322 e. The number of para-hydroxylation sites is 1. The molecule has 1 aliphatic rings. The van der Waals surface area contributed by atoms with Crippen LogP contribution in [0.4, 0.5) is 11.4 Å². The zero-order chi connectivity index (χ0) is 22.9. The van der Waals surface area contributed by atoms with Crippen LogP contribution in [0.5, 0.6) is 0 Å². The van der Waals surface area contributed by atoms with Crippen LogP contribution in [-0.2, 0) is 6.42 Å². The first-order chi connectivity index (χ1) is 16.0. The maximum absolute atomic E-state index is 13.6. The smallest absolute Gasteiger partial charge is 0.259 e. The van der Waals surface area contributed by atoms with Crippen LogP contribution in [0.3, 0.4) is 0 Å². The van der Waals surface area contributed by atoms with E-state index in [1.807, 2.05) is 43.3 Å². The van der Waals surface area contributed by atoms with Crippen LogP contribution in [0.1, 0.15) is 31.8 Å². The number of nitrogens with zero attached hydrogens (tertiary/aromatic N) is 1. The molecule has 0 bridgehead atoms. The number of rotatable bonds is 3. The lowest BCUT2D eigenvalue weighted by atomic mass is 10.1.